The van der Waals surface area contributed by atoms with E-state index in [-0.39, 0.29) is 11.8 Å². The molecule has 0 saturated heterocycles. The second-order valence-corrected chi connectivity index (χ2v) is 5.06. The van der Waals surface area contributed by atoms with Gasteiger partial charge in [0.1, 0.15) is 11.8 Å². The first kappa shape index (κ1) is 17.2. The normalized spacial score (nSPS) is 11.8. The lowest BCUT2D eigenvalue weighted by atomic mass is 10.2. The molecule has 1 unspecified atom stereocenters. The zero-order valence-electron chi connectivity index (χ0n) is 13.5. The molecule has 6 heteroatoms. The fourth-order valence-corrected chi connectivity index (χ4v) is 1.90. The van der Waals surface area contributed by atoms with Crippen molar-refractivity contribution in [1.29, 1.82) is 0 Å². The summed E-state index contributed by atoms with van der Waals surface area (Å²) in [5.41, 5.74) is 1.49. The van der Waals surface area contributed by atoms with Crippen LogP contribution < -0.4 is 15.4 Å². The van der Waals surface area contributed by atoms with Crippen LogP contribution >= 0.6 is 0 Å². The number of amides is 2. The van der Waals surface area contributed by atoms with E-state index in [2.05, 4.69) is 15.6 Å². The predicted octanol–water partition coefficient (Wildman–Crippen LogP) is 2.25. The number of anilines is 1. The van der Waals surface area contributed by atoms with E-state index in [0.717, 1.165) is 11.3 Å². The number of nitrogens with zero attached hydrogens (tertiary/aromatic N) is 1. The highest BCUT2D eigenvalue weighted by atomic mass is 16.5. The fraction of sp³-hybridized carbons (Fsp3) is 0.167. The van der Waals surface area contributed by atoms with E-state index in [1.165, 1.54) is 6.08 Å². The molecular formula is C18H19N3O3. The van der Waals surface area contributed by atoms with Crippen LogP contribution in [-0.2, 0) is 9.59 Å². The van der Waals surface area contributed by atoms with Gasteiger partial charge >= 0.3 is 0 Å². The minimum absolute atomic E-state index is 0.299. The van der Waals surface area contributed by atoms with E-state index < -0.39 is 6.04 Å². The van der Waals surface area contributed by atoms with Crippen LogP contribution in [0, 0.1) is 0 Å². The number of aromatic nitrogens is 1. The topological polar surface area (TPSA) is 80.3 Å². The summed E-state index contributed by atoms with van der Waals surface area (Å²) >= 11 is 0. The van der Waals surface area contributed by atoms with Crippen molar-refractivity contribution >= 4 is 23.6 Å². The molecule has 2 N–H and O–H groups in total. The van der Waals surface area contributed by atoms with Crippen molar-refractivity contribution < 1.29 is 14.3 Å². The largest absolute Gasteiger partial charge is 0.497 e. The molecule has 0 bridgehead atoms. The molecule has 0 saturated carbocycles. The van der Waals surface area contributed by atoms with Crippen molar-refractivity contribution in [2.45, 2.75) is 13.0 Å². The maximum atomic E-state index is 12.0. The number of benzene rings is 1. The van der Waals surface area contributed by atoms with Crippen molar-refractivity contribution in [3.63, 3.8) is 0 Å². The zero-order chi connectivity index (χ0) is 17.4. The van der Waals surface area contributed by atoms with E-state index in [1.54, 1.807) is 44.6 Å². The van der Waals surface area contributed by atoms with Gasteiger partial charge in [-0.25, -0.2) is 0 Å². The van der Waals surface area contributed by atoms with Crippen LogP contribution in [0.25, 0.3) is 6.08 Å². The third kappa shape index (κ3) is 5.24. The monoisotopic (exact) mass is 325 g/mol. The number of methoxy groups -OCH3 is 1. The number of hydrogen-bond donors (Lipinski definition) is 2. The molecule has 0 radical (unpaired) electrons. The van der Waals surface area contributed by atoms with E-state index in [0.29, 0.717) is 5.69 Å². The summed E-state index contributed by atoms with van der Waals surface area (Å²) in [5.74, 6) is 0.105. The Kier molecular flexibility index (Phi) is 6.08. The van der Waals surface area contributed by atoms with Crippen LogP contribution in [-0.4, -0.2) is 29.9 Å². The number of carbonyl (C=O) groups is 2. The zero-order valence-corrected chi connectivity index (χ0v) is 13.5. The first-order valence-corrected chi connectivity index (χ1v) is 7.42. The van der Waals surface area contributed by atoms with Crippen LogP contribution in [0.4, 0.5) is 5.69 Å². The van der Waals surface area contributed by atoms with Crippen molar-refractivity contribution in [3.8, 4) is 5.75 Å². The maximum absolute atomic E-state index is 12.0. The van der Waals surface area contributed by atoms with Crippen molar-refractivity contribution in [1.82, 2.24) is 10.3 Å². The van der Waals surface area contributed by atoms with Crippen molar-refractivity contribution in [3.05, 3.63) is 60.4 Å². The summed E-state index contributed by atoms with van der Waals surface area (Å²) in [5, 5.41) is 5.32. The molecule has 2 aromatic rings. The molecule has 6 nitrogen and oxygen atoms in total. The number of nitrogens with one attached hydrogen (secondary N) is 2. The lowest BCUT2D eigenvalue weighted by molar-refractivity contribution is -0.123. The predicted molar refractivity (Wildman–Crippen MR) is 92.5 cm³/mol. The number of pyridine rings is 1. The summed E-state index contributed by atoms with van der Waals surface area (Å²) < 4.78 is 5.07. The Labute approximate surface area is 140 Å². The molecule has 24 heavy (non-hydrogen) atoms. The van der Waals surface area contributed by atoms with Crippen molar-refractivity contribution in [2.24, 2.45) is 0 Å². The summed E-state index contributed by atoms with van der Waals surface area (Å²) in [6, 6.07) is 9.98. The highest BCUT2D eigenvalue weighted by Gasteiger charge is 2.14. The smallest absolute Gasteiger partial charge is 0.246 e. The van der Waals surface area contributed by atoms with Crippen LogP contribution in [0.3, 0.4) is 0 Å². The Balaban J connectivity index is 1.86. The molecule has 1 aromatic carbocycles. The molecule has 2 amide bonds. The van der Waals surface area contributed by atoms with Gasteiger partial charge in [-0.15, -0.1) is 0 Å². The molecule has 0 aliphatic heterocycles. The number of ether oxygens (including phenoxy) is 1. The fourth-order valence-electron chi connectivity index (χ4n) is 1.90. The van der Waals surface area contributed by atoms with Gasteiger partial charge in [0.2, 0.25) is 11.8 Å². The number of rotatable bonds is 6. The van der Waals surface area contributed by atoms with Gasteiger partial charge < -0.3 is 15.4 Å². The maximum Gasteiger partial charge on any atom is 0.246 e. The van der Waals surface area contributed by atoms with Gasteiger partial charge in [0.25, 0.3) is 0 Å². The minimum atomic E-state index is -0.661. The average molecular weight is 325 g/mol. The summed E-state index contributed by atoms with van der Waals surface area (Å²) in [4.78, 5) is 27.8. The van der Waals surface area contributed by atoms with Crippen LogP contribution in [0.5, 0.6) is 5.75 Å². The average Bonchev–Trinajstić information content (AvgIpc) is 2.61. The second kappa shape index (κ2) is 8.47. The lowest BCUT2D eigenvalue weighted by Gasteiger charge is -2.12. The Hall–Kier alpha value is -3.15. The Morgan fingerprint density at radius 2 is 1.79 bits per heavy atom. The Morgan fingerprint density at radius 1 is 1.12 bits per heavy atom. The van der Waals surface area contributed by atoms with Gasteiger partial charge in [0, 0.05) is 24.2 Å². The van der Waals surface area contributed by atoms with Gasteiger partial charge in [-0.05, 0) is 42.8 Å². The number of hydrogen-bond acceptors (Lipinski definition) is 4. The molecule has 0 fully saturated rings. The van der Waals surface area contributed by atoms with E-state index in [9.17, 15) is 9.59 Å². The second-order valence-electron chi connectivity index (χ2n) is 5.06. The molecule has 1 atom stereocenters. The summed E-state index contributed by atoms with van der Waals surface area (Å²) in [6.07, 6.45) is 6.22. The highest BCUT2D eigenvalue weighted by Crippen LogP contribution is 2.12. The summed E-state index contributed by atoms with van der Waals surface area (Å²) in [7, 11) is 1.59. The third-order valence-corrected chi connectivity index (χ3v) is 3.24. The van der Waals surface area contributed by atoms with Crippen LogP contribution in [0.2, 0.25) is 0 Å². The Bertz CT molecular complexity index is 712. The first-order valence-electron chi connectivity index (χ1n) is 7.42. The van der Waals surface area contributed by atoms with Crippen molar-refractivity contribution in [2.75, 3.05) is 12.4 Å². The molecule has 0 aliphatic rings. The molecule has 124 valence electrons. The molecular weight excluding hydrogens is 306 g/mol. The minimum Gasteiger partial charge on any atom is -0.497 e. The van der Waals surface area contributed by atoms with Gasteiger partial charge in [0.05, 0.1) is 7.11 Å². The standard InChI is InChI=1S/C18H19N3O3/c1-13(18(23)21-15-9-11-19-12-10-15)20-17(22)8-5-14-3-6-16(24-2)7-4-14/h3-13H,1-2H3,(H,20,22)(H,19,21,23). The highest BCUT2D eigenvalue weighted by molar-refractivity contribution is 5.99. The lowest BCUT2D eigenvalue weighted by Crippen LogP contribution is -2.40. The molecule has 0 spiro atoms. The van der Waals surface area contributed by atoms with Gasteiger partial charge in [-0.2, -0.15) is 0 Å². The van der Waals surface area contributed by atoms with Gasteiger partial charge in [0.15, 0.2) is 0 Å². The quantitative estimate of drug-likeness (QED) is 0.798. The number of carbonyl (C=O) groups excluding carboxylic acids is 2. The van der Waals surface area contributed by atoms with Crippen LogP contribution in [0.1, 0.15) is 12.5 Å². The summed E-state index contributed by atoms with van der Waals surface area (Å²) in [6.45, 7) is 1.62. The van der Waals surface area contributed by atoms with E-state index >= 15 is 0 Å². The Morgan fingerprint density at radius 3 is 2.42 bits per heavy atom. The van der Waals surface area contributed by atoms with Crippen LogP contribution in [0.15, 0.2) is 54.9 Å². The van der Waals surface area contributed by atoms with Gasteiger partial charge in [-0.3, -0.25) is 14.6 Å². The SMILES string of the molecule is COc1ccc(C=CC(=O)NC(C)C(=O)Nc2ccncc2)cc1. The first-order chi connectivity index (χ1) is 11.6. The third-order valence-electron chi connectivity index (χ3n) is 3.24. The molecule has 0 aliphatic carbocycles. The van der Waals surface area contributed by atoms with Gasteiger partial charge in [-0.1, -0.05) is 12.1 Å². The molecule has 1 heterocycles. The molecule has 2 rings (SSSR count). The van der Waals surface area contributed by atoms with E-state index in [1.807, 2.05) is 24.3 Å². The molecule has 1 aromatic heterocycles. The van der Waals surface area contributed by atoms with E-state index in [4.69, 9.17) is 4.74 Å².